The summed E-state index contributed by atoms with van der Waals surface area (Å²) in [5.74, 6) is 1.56. The molecule has 0 saturated carbocycles. The third-order valence-corrected chi connectivity index (χ3v) is 5.63. The van der Waals surface area contributed by atoms with Gasteiger partial charge in [-0.2, -0.15) is 10.2 Å². The van der Waals surface area contributed by atoms with Gasteiger partial charge in [0.05, 0.1) is 18.0 Å². The molecule has 156 valence electrons. The zero-order valence-corrected chi connectivity index (χ0v) is 19.3. The van der Waals surface area contributed by atoms with E-state index in [0.717, 1.165) is 29.2 Å². The Morgan fingerprint density at radius 1 is 0.966 bits per heavy atom. The van der Waals surface area contributed by atoms with Gasteiger partial charge in [0.1, 0.15) is 5.75 Å². The fraction of sp³-hybridized carbons (Fsp3) is 0.520. The Bertz CT molecular complexity index is 997. The molecule has 0 atom stereocenters. The van der Waals surface area contributed by atoms with Gasteiger partial charge in [-0.1, -0.05) is 27.7 Å². The molecule has 0 bridgehead atoms. The van der Waals surface area contributed by atoms with Crippen LogP contribution in [-0.2, 0) is 6.42 Å². The number of nitrogens with zero attached hydrogens (tertiary/aromatic N) is 3. The van der Waals surface area contributed by atoms with Crippen molar-refractivity contribution in [1.29, 1.82) is 0 Å². The van der Waals surface area contributed by atoms with Crippen molar-refractivity contribution in [2.45, 2.75) is 68.2 Å². The normalized spacial score (nSPS) is 12.2. The molecular weight excluding hydrogens is 358 g/mol. The van der Waals surface area contributed by atoms with E-state index in [1.807, 2.05) is 19.1 Å². The van der Waals surface area contributed by atoms with E-state index in [2.05, 4.69) is 75.4 Å². The van der Waals surface area contributed by atoms with Gasteiger partial charge in [-0.3, -0.25) is 0 Å². The van der Waals surface area contributed by atoms with E-state index in [9.17, 15) is 0 Å². The summed E-state index contributed by atoms with van der Waals surface area (Å²) in [4.78, 5) is 0. The molecule has 2 heterocycles. The standard InChI is InChI=1S/C25H35N3O/c1-9-29-21-12-10-20(11-13-21)28-18(5)23-17(4)26-27-22(24(23)19(28)6)15-25(7,8)14-16(2)3/h10-13,16H,9,14-15H2,1-8H3. The molecule has 0 saturated heterocycles. The zero-order valence-electron chi connectivity index (χ0n) is 19.3. The Morgan fingerprint density at radius 3 is 2.17 bits per heavy atom. The van der Waals surface area contributed by atoms with Crippen LogP contribution in [0, 0.1) is 32.1 Å². The Kier molecular flexibility index (Phi) is 6.02. The van der Waals surface area contributed by atoms with Crippen molar-refractivity contribution in [2.24, 2.45) is 11.3 Å². The number of benzene rings is 1. The molecule has 0 amide bonds. The first kappa shape index (κ1) is 21.4. The maximum Gasteiger partial charge on any atom is 0.119 e. The first-order chi connectivity index (χ1) is 13.6. The summed E-state index contributed by atoms with van der Waals surface area (Å²) >= 11 is 0. The monoisotopic (exact) mass is 393 g/mol. The van der Waals surface area contributed by atoms with Crippen molar-refractivity contribution in [3.63, 3.8) is 0 Å². The highest BCUT2D eigenvalue weighted by atomic mass is 16.5. The molecule has 0 spiro atoms. The minimum Gasteiger partial charge on any atom is -0.494 e. The molecule has 0 aliphatic rings. The zero-order chi connectivity index (χ0) is 21.3. The fourth-order valence-corrected chi connectivity index (χ4v) is 4.87. The van der Waals surface area contributed by atoms with Crippen LogP contribution in [-0.4, -0.2) is 21.4 Å². The Hall–Kier alpha value is -2.36. The van der Waals surface area contributed by atoms with Crippen LogP contribution in [0.5, 0.6) is 5.75 Å². The quantitative estimate of drug-likeness (QED) is 0.469. The van der Waals surface area contributed by atoms with Crippen LogP contribution in [0.15, 0.2) is 24.3 Å². The second kappa shape index (κ2) is 8.17. The molecule has 2 aromatic heterocycles. The van der Waals surface area contributed by atoms with Crippen molar-refractivity contribution in [2.75, 3.05) is 6.61 Å². The third kappa shape index (κ3) is 4.31. The number of fused-ring (bicyclic) bond motifs is 1. The summed E-state index contributed by atoms with van der Waals surface area (Å²) in [6.45, 7) is 18.4. The van der Waals surface area contributed by atoms with Crippen molar-refractivity contribution in [3.05, 3.63) is 47.0 Å². The second-order valence-corrected chi connectivity index (χ2v) is 9.35. The van der Waals surface area contributed by atoms with Crippen LogP contribution in [0.2, 0.25) is 0 Å². The van der Waals surface area contributed by atoms with Gasteiger partial charge >= 0.3 is 0 Å². The van der Waals surface area contributed by atoms with Crippen LogP contribution in [0.3, 0.4) is 0 Å². The van der Waals surface area contributed by atoms with E-state index in [1.54, 1.807) is 0 Å². The SMILES string of the molecule is CCOc1ccc(-n2c(C)c3c(C)nnc(CC(C)(C)CC(C)C)c3c2C)cc1. The lowest BCUT2D eigenvalue weighted by Gasteiger charge is -2.26. The predicted molar refractivity (Wildman–Crippen MR) is 121 cm³/mol. The molecule has 3 aromatic rings. The average molecular weight is 394 g/mol. The molecule has 0 aliphatic heterocycles. The fourth-order valence-electron chi connectivity index (χ4n) is 4.87. The molecule has 1 aromatic carbocycles. The molecule has 0 N–H and O–H groups in total. The summed E-state index contributed by atoms with van der Waals surface area (Å²) in [6.07, 6.45) is 2.10. The van der Waals surface area contributed by atoms with Crippen LogP contribution < -0.4 is 4.74 Å². The molecule has 0 radical (unpaired) electrons. The number of hydrogen-bond donors (Lipinski definition) is 0. The lowest BCUT2D eigenvalue weighted by Crippen LogP contribution is -2.19. The lowest BCUT2D eigenvalue weighted by atomic mass is 9.79. The minimum absolute atomic E-state index is 0.187. The highest BCUT2D eigenvalue weighted by Crippen LogP contribution is 2.36. The molecule has 3 rings (SSSR count). The van der Waals surface area contributed by atoms with Crippen LogP contribution >= 0.6 is 0 Å². The molecule has 4 nitrogen and oxygen atoms in total. The van der Waals surface area contributed by atoms with E-state index in [0.29, 0.717) is 12.5 Å². The second-order valence-electron chi connectivity index (χ2n) is 9.35. The lowest BCUT2D eigenvalue weighted by molar-refractivity contribution is 0.283. The highest BCUT2D eigenvalue weighted by molar-refractivity contribution is 5.92. The van der Waals surface area contributed by atoms with Gasteiger partial charge in [0, 0.05) is 27.8 Å². The van der Waals surface area contributed by atoms with E-state index in [1.165, 1.54) is 28.6 Å². The van der Waals surface area contributed by atoms with Gasteiger partial charge in [0.2, 0.25) is 0 Å². The largest absolute Gasteiger partial charge is 0.494 e. The van der Waals surface area contributed by atoms with E-state index >= 15 is 0 Å². The third-order valence-electron chi connectivity index (χ3n) is 5.63. The van der Waals surface area contributed by atoms with Gasteiger partial charge in [-0.05, 0) is 76.1 Å². The number of aryl methyl sites for hydroxylation is 3. The summed E-state index contributed by atoms with van der Waals surface area (Å²) in [5.41, 5.74) is 5.89. The Morgan fingerprint density at radius 2 is 1.59 bits per heavy atom. The summed E-state index contributed by atoms with van der Waals surface area (Å²) in [7, 11) is 0. The first-order valence-electron chi connectivity index (χ1n) is 10.7. The number of aromatic nitrogens is 3. The van der Waals surface area contributed by atoms with Crippen LogP contribution in [0.4, 0.5) is 0 Å². The molecule has 4 heteroatoms. The number of rotatable bonds is 7. The first-order valence-corrected chi connectivity index (χ1v) is 10.7. The smallest absolute Gasteiger partial charge is 0.119 e. The maximum absolute atomic E-state index is 5.61. The molecular formula is C25H35N3O. The average Bonchev–Trinajstić information content (AvgIpc) is 2.89. The predicted octanol–water partition coefficient (Wildman–Crippen LogP) is 6.36. The summed E-state index contributed by atoms with van der Waals surface area (Å²) in [6, 6.07) is 8.33. The van der Waals surface area contributed by atoms with Gasteiger partial charge in [0.25, 0.3) is 0 Å². The maximum atomic E-state index is 5.61. The Balaban J connectivity index is 2.13. The molecule has 0 aliphatic carbocycles. The highest BCUT2D eigenvalue weighted by Gasteiger charge is 2.25. The van der Waals surface area contributed by atoms with Gasteiger partial charge in [0.15, 0.2) is 0 Å². The summed E-state index contributed by atoms with van der Waals surface area (Å²) < 4.78 is 7.94. The van der Waals surface area contributed by atoms with E-state index in [-0.39, 0.29) is 5.41 Å². The molecule has 0 unspecified atom stereocenters. The van der Waals surface area contributed by atoms with Gasteiger partial charge in [-0.25, -0.2) is 0 Å². The van der Waals surface area contributed by atoms with Crippen LogP contribution in [0.1, 0.15) is 63.8 Å². The van der Waals surface area contributed by atoms with Crippen molar-refractivity contribution < 1.29 is 4.74 Å². The van der Waals surface area contributed by atoms with Crippen LogP contribution in [0.25, 0.3) is 16.5 Å². The van der Waals surface area contributed by atoms with Gasteiger partial charge in [-0.15, -0.1) is 0 Å². The molecule has 0 fully saturated rings. The van der Waals surface area contributed by atoms with Crippen molar-refractivity contribution in [3.8, 4) is 11.4 Å². The van der Waals surface area contributed by atoms with E-state index < -0.39 is 0 Å². The van der Waals surface area contributed by atoms with Gasteiger partial charge < -0.3 is 9.30 Å². The number of ether oxygens (including phenoxy) is 1. The van der Waals surface area contributed by atoms with E-state index in [4.69, 9.17) is 4.74 Å². The minimum atomic E-state index is 0.187. The Labute approximate surface area is 175 Å². The van der Waals surface area contributed by atoms with Crippen molar-refractivity contribution >= 4 is 10.8 Å². The molecule has 29 heavy (non-hydrogen) atoms. The summed E-state index contributed by atoms with van der Waals surface area (Å²) in [5, 5.41) is 11.7. The topological polar surface area (TPSA) is 39.9 Å². The number of hydrogen-bond acceptors (Lipinski definition) is 3. The van der Waals surface area contributed by atoms with Crippen molar-refractivity contribution in [1.82, 2.24) is 14.8 Å².